The molecule has 0 fully saturated rings. The third kappa shape index (κ3) is 7.03. The van der Waals surface area contributed by atoms with Crippen LogP contribution < -0.4 is 5.73 Å². The number of hydrogen-bond donors (Lipinski definition) is 1. The highest BCUT2D eigenvalue weighted by molar-refractivity contribution is 4.63. The van der Waals surface area contributed by atoms with E-state index in [4.69, 9.17) is 5.73 Å². The maximum atomic E-state index is 5.86. The lowest BCUT2D eigenvalue weighted by molar-refractivity contribution is 0.271. The van der Waals surface area contributed by atoms with Gasteiger partial charge in [-0.15, -0.1) is 0 Å². The molecule has 0 amide bonds. The topological polar surface area (TPSA) is 29.3 Å². The number of nitrogens with zero attached hydrogens (tertiary/aromatic N) is 1. The molecule has 0 radical (unpaired) electrons. The summed E-state index contributed by atoms with van der Waals surface area (Å²) in [6.07, 6.45) is 3.49. The predicted octanol–water partition coefficient (Wildman–Crippen LogP) is 2.09. The smallest absolute Gasteiger partial charge is 0.00483 e. The molecule has 0 saturated heterocycles. The van der Waals surface area contributed by atoms with Crippen LogP contribution in [0.4, 0.5) is 0 Å². The van der Waals surface area contributed by atoms with Gasteiger partial charge in [-0.1, -0.05) is 27.2 Å². The van der Waals surface area contributed by atoms with Crippen molar-refractivity contribution >= 4 is 0 Å². The first-order chi connectivity index (χ1) is 6.10. The van der Waals surface area contributed by atoms with Crippen molar-refractivity contribution in [2.75, 3.05) is 20.1 Å². The van der Waals surface area contributed by atoms with Crippen molar-refractivity contribution in [3.8, 4) is 0 Å². The van der Waals surface area contributed by atoms with Gasteiger partial charge in [0, 0.05) is 12.6 Å². The molecule has 0 saturated carbocycles. The van der Waals surface area contributed by atoms with Gasteiger partial charge in [0.25, 0.3) is 0 Å². The van der Waals surface area contributed by atoms with Gasteiger partial charge in [-0.2, -0.15) is 0 Å². The first kappa shape index (κ1) is 12.9. The summed E-state index contributed by atoms with van der Waals surface area (Å²) < 4.78 is 0. The highest BCUT2D eigenvalue weighted by Crippen LogP contribution is 2.03. The van der Waals surface area contributed by atoms with Gasteiger partial charge in [0.2, 0.25) is 0 Å². The van der Waals surface area contributed by atoms with E-state index in [0.29, 0.717) is 6.04 Å². The Labute approximate surface area is 83.5 Å². The van der Waals surface area contributed by atoms with Gasteiger partial charge < -0.3 is 10.6 Å². The molecule has 0 aromatic heterocycles. The van der Waals surface area contributed by atoms with Gasteiger partial charge in [-0.05, 0) is 32.4 Å². The average molecular weight is 186 g/mol. The molecule has 0 spiro atoms. The summed E-state index contributed by atoms with van der Waals surface area (Å²) in [5.41, 5.74) is 5.86. The van der Waals surface area contributed by atoms with Crippen molar-refractivity contribution < 1.29 is 0 Å². The van der Waals surface area contributed by atoms with E-state index in [-0.39, 0.29) is 0 Å². The number of rotatable bonds is 7. The highest BCUT2D eigenvalue weighted by atomic mass is 15.1. The van der Waals surface area contributed by atoms with E-state index < -0.39 is 0 Å². The first-order valence-electron chi connectivity index (χ1n) is 5.54. The molecular weight excluding hydrogens is 160 g/mol. The standard InChI is InChI=1S/C11H26N2/c1-5-10(3)9-13(4)8-7-11(12)6-2/h10-11H,5-9,12H2,1-4H3. The Morgan fingerprint density at radius 3 is 2.31 bits per heavy atom. The van der Waals surface area contributed by atoms with Crippen molar-refractivity contribution in [1.29, 1.82) is 0 Å². The van der Waals surface area contributed by atoms with Gasteiger partial charge in [-0.3, -0.25) is 0 Å². The van der Waals surface area contributed by atoms with Crippen LogP contribution in [0.5, 0.6) is 0 Å². The number of hydrogen-bond acceptors (Lipinski definition) is 2. The van der Waals surface area contributed by atoms with Crippen LogP contribution in [0, 0.1) is 5.92 Å². The van der Waals surface area contributed by atoms with E-state index in [1.54, 1.807) is 0 Å². The molecular formula is C11H26N2. The zero-order valence-corrected chi connectivity index (χ0v) is 9.71. The summed E-state index contributed by atoms with van der Waals surface area (Å²) in [6, 6.07) is 0.388. The van der Waals surface area contributed by atoms with Crippen molar-refractivity contribution in [2.45, 2.75) is 46.1 Å². The van der Waals surface area contributed by atoms with Crippen molar-refractivity contribution in [1.82, 2.24) is 4.90 Å². The van der Waals surface area contributed by atoms with E-state index in [0.717, 1.165) is 25.3 Å². The molecule has 0 aliphatic rings. The Morgan fingerprint density at radius 1 is 1.23 bits per heavy atom. The van der Waals surface area contributed by atoms with Crippen LogP contribution >= 0.6 is 0 Å². The van der Waals surface area contributed by atoms with E-state index >= 15 is 0 Å². The summed E-state index contributed by atoms with van der Waals surface area (Å²) in [5.74, 6) is 0.808. The molecule has 2 atom stereocenters. The fourth-order valence-corrected chi connectivity index (χ4v) is 1.34. The van der Waals surface area contributed by atoms with Crippen LogP contribution in [0.15, 0.2) is 0 Å². The van der Waals surface area contributed by atoms with Crippen LogP contribution in [-0.2, 0) is 0 Å². The third-order valence-corrected chi connectivity index (χ3v) is 2.73. The molecule has 0 heterocycles. The van der Waals surface area contributed by atoms with Gasteiger partial charge >= 0.3 is 0 Å². The summed E-state index contributed by atoms with van der Waals surface area (Å²) in [4.78, 5) is 2.39. The summed E-state index contributed by atoms with van der Waals surface area (Å²) >= 11 is 0. The van der Waals surface area contributed by atoms with Crippen molar-refractivity contribution in [2.24, 2.45) is 11.7 Å². The molecule has 2 heteroatoms. The molecule has 2 unspecified atom stereocenters. The van der Waals surface area contributed by atoms with E-state index in [9.17, 15) is 0 Å². The first-order valence-corrected chi connectivity index (χ1v) is 5.54. The lowest BCUT2D eigenvalue weighted by atomic mass is 10.1. The van der Waals surface area contributed by atoms with Crippen LogP contribution in [0.2, 0.25) is 0 Å². The molecule has 0 bridgehead atoms. The zero-order valence-electron chi connectivity index (χ0n) is 9.71. The van der Waals surface area contributed by atoms with E-state index in [1.807, 2.05) is 0 Å². The molecule has 0 aliphatic carbocycles. The van der Waals surface area contributed by atoms with Crippen molar-refractivity contribution in [3.63, 3.8) is 0 Å². The van der Waals surface area contributed by atoms with Gasteiger partial charge in [-0.25, -0.2) is 0 Å². The largest absolute Gasteiger partial charge is 0.328 e. The minimum Gasteiger partial charge on any atom is -0.328 e. The second-order valence-corrected chi connectivity index (χ2v) is 4.23. The van der Waals surface area contributed by atoms with Crippen LogP contribution in [-0.4, -0.2) is 31.1 Å². The highest BCUT2D eigenvalue weighted by Gasteiger charge is 2.05. The Hall–Kier alpha value is -0.0800. The molecule has 0 rings (SSSR count). The Morgan fingerprint density at radius 2 is 1.85 bits per heavy atom. The minimum atomic E-state index is 0.388. The Kier molecular flexibility index (Phi) is 7.29. The fraction of sp³-hybridized carbons (Fsp3) is 1.00. The lowest BCUT2D eigenvalue weighted by Crippen LogP contribution is -2.30. The maximum absolute atomic E-state index is 5.86. The lowest BCUT2D eigenvalue weighted by Gasteiger charge is -2.21. The quantitative estimate of drug-likeness (QED) is 0.659. The Balaban J connectivity index is 3.45. The molecule has 0 aromatic rings. The van der Waals surface area contributed by atoms with Crippen LogP contribution in [0.3, 0.4) is 0 Å². The normalized spacial score (nSPS) is 16.2. The van der Waals surface area contributed by atoms with E-state index in [1.165, 1.54) is 13.0 Å². The van der Waals surface area contributed by atoms with Crippen molar-refractivity contribution in [3.05, 3.63) is 0 Å². The maximum Gasteiger partial charge on any atom is 0.00483 e. The monoisotopic (exact) mass is 186 g/mol. The van der Waals surface area contributed by atoms with Crippen LogP contribution in [0.1, 0.15) is 40.0 Å². The second-order valence-electron chi connectivity index (χ2n) is 4.23. The molecule has 2 N–H and O–H groups in total. The Bertz CT molecular complexity index is 115. The van der Waals surface area contributed by atoms with Crippen LogP contribution in [0.25, 0.3) is 0 Å². The van der Waals surface area contributed by atoms with E-state index in [2.05, 4.69) is 32.7 Å². The van der Waals surface area contributed by atoms with Gasteiger partial charge in [0.15, 0.2) is 0 Å². The SMILES string of the molecule is CCC(C)CN(C)CCC(N)CC. The fourth-order valence-electron chi connectivity index (χ4n) is 1.34. The molecule has 2 nitrogen and oxygen atoms in total. The molecule has 0 aliphatic heterocycles. The second kappa shape index (κ2) is 7.34. The molecule has 0 aromatic carbocycles. The average Bonchev–Trinajstić information content (AvgIpc) is 2.13. The molecule has 80 valence electrons. The summed E-state index contributed by atoms with van der Waals surface area (Å²) in [5, 5.41) is 0. The molecule has 13 heavy (non-hydrogen) atoms. The summed E-state index contributed by atoms with van der Waals surface area (Å²) in [6.45, 7) is 9.04. The number of nitrogens with two attached hydrogens (primary N) is 1. The minimum absolute atomic E-state index is 0.388. The summed E-state index contributed by atoms with van der Waals surface area (Å²) in [7, 11) is 2.19. The zero-order chi connectivity index (χ0) is 10.3. The third-order valence-electron chi connectivity index (χ3n) is 2.73. The van der Waals surface area contributed by atoms with Gasteiger partial charge in [0.1, 0.15) is 0 Å². The van der Waals surface area contributed by atoms with Gasteiger partial charge in [0.05, 0.1) is 0 Å². The predicted molar refractivity (Wildman–Crippen MR) is 59.8 cm³/mol.